The minimum atomic E-state index is -0.677. The van der Waals surface area contributed by atoms with E-state index >= 15 is 0 Å². The summed E-state index contributed by atoms with van der Waals surface area (Å²) in [4.78, 5) is 4.07. The lowest BCUT2D eigenvalue weighted by molar-refractivity contribution is 0.437. The predicted octanol–water partition coefficient (Wildman–Crippen LogP) is 4.35. The maximum Gasteiger partial charge on any atom is 0.151 e. The van der Waals surface area contributed by atoms with Gasteiger partial charge in [0.05, 0.1) is 5.52 Å². The molecular weight excluding hydrogens is 234 g/mol. The Morgan fingerprint density at radius 1 is 1.22 bits per heavy atom. The zero-order valence-electron chi connectivity index (χ0n) is 11.2. The Morgan fingerprint density at radius 3 is 2.39 bits per heavy atom. The molecule has 2 rings (SSSR count). The van der Waals surface area contributed by atoms with Crippen LogP contribution in [0.5, 0.6) is 0 Å². The van der Waals surface area contributed by atoms with Gasteiger partial charge in [0.15, 0.2) is 5.82 Å². The number of benzene rings is 1. The highest BCUT2D eigenvalue weighted by Gasteiger charge is 2.17. The first-order chi connectivity index (χ1) is 8.45. The number of rotatable bonds is 3. The third kappa shape index (κ3) is 2.00. The van der Waals surface area contributed by atoms with Gasteiger partial charge in [0, 0.05) is 6.04 Å². The molecule has 0 aliphatic heterocycles. The second-order valence-electron chi connectivity index (χ2n) is 5.15. The van der Waals surface area contributed by atoms with Gasteiger partial charge >= 0.3 is 0 Å². The summed E-state index contributed by atoms with van der Waals surface area (Å²) in [7, 11) is 0. The molecule has 0 radical (unpaired) electrons. The first kappa shape index (κ1) is 13.0. The van der Waals surface area contributed by atoms with Crippen LogP contribution in [0.2, 0.25) is 0 Å². The minimum Gasteiger partial charge on any atom is -0.323 e. The summed E-state index contributed by atoms with van der Waals surface area (Å²) in [5.74, 6) is 0.151. The molecule has 1 aromatic carbocycles. The van der Waals surface area contributed by atoms with Crippen molar-refractivity contribution in [2.75, 3.05) is 0 Å². The van der Waals surface area contributed by atoms with E-state index < -0.39 is 6.67 Å². The van der Waals surface area contributed by atoms with E-state index in [1.165, 1.54) is 6.07 Å². The average Bonchev–Trinajstić information content (AvgIpc) is 2.67. The lowest BCUT2D eigenvalue weighted by atomic mass is 10.0. The molecule has 0 saturated heterocycles. The summed E-state index contributed by atoms with van der Waals surface area (Å²) >= 11 is 0. The van der Waals surface area contributed by atoms with Crippen molar-refractivity contribution >= 4 is 11.0 Å². The number of hydrogen-bond acceptors (Lipinski definition) is 1. The normalized spacial score (nSPS) is 12.0. The van der Waals surface area contributed by atoms with Gasteiger partial charge in [-0.1, -0.05) is 13.8 Å². The van der Waals surface area contributed by atoms with E-state index in [-0.39, 0.29) is 23.3 Å². The van der Waals surface area contributed by atoms with E-state index in [1.54, 1.807) is 4.57 Å². The Balaban J connectivity index is 2.79. The largest absolute Gasteiger partial charge is 0.323 e. The SMILES string of the molecule is CC(C)c1cc(F)c2nc(CF)n(C(C)C)c2c1. The number of hydrogen-bond donors (Lipinski definition) is 0. The van der Waals surface area contributed by atoms with Crippen molar-refractivity contribution in [3.63, 3.8) is 0 Å². The molecule has 4 heteroatoms. The highest BCUT2D eigenvalue weighted by atomic mass is 19.1. The second kappa shape index (κ2) is 4.67. The Hall–Kier alpha value is -1.45. The van der Waals surface area contributed by atoms with Gasteiger partial charge < -0.3 is 4.57 Å². The summed E-state index contributed by atoms with van der Waals surface area (Å²) in [5.41, 5.74) is 1.86. The molecule has 0 bridgehead atoms. The van der Waals surface area contributed by atoms with Crippen LogP contribution >= 0.6 is 0 Å². The quantitative estimate of drug-likeness (QED) is 0.794. The third-order valence-corrected chi connectivity index (χ3v) is 3.15. The molecule has 1 aromatic heterocycles. The summed E-state index contributed by atoms with van der Waals surface area (Å²) < 4.78 is 28.7. The van der Waals surface area contributed by atoms with Crippen molar-refractivity contribution in [3.05, 3.63) is 29.3 Å². The zero-order chi connectivity index (χ0) is 13.4. The Bertz CT molecular complexity index is 571. The number of imidazole rings is 1. The molecule has 0 N–H and O–H groups in total. The van der Waals surface area contributed by atoms with Crippen LogP contribution in [0.15, 0.2) is 12.1 Å². The Labute approximate surface area is 106 Å². The molecule has 98 valence electrons. The van der Waals surface area contributed by atoms with Gasteiger partial charge in [-0.3, -0.25) is 0 Å². The van der Waals surface area contributed by atoms with Crippen molar-refractivity contribution in [2.45, 2.75) is 46.3 Å². The first-order valence-corrected chi connectivity index (χ1v) is 6.22. The summed E-state index contributed by atoms with van der Waals surface area (Å²) in [6, 6.07) is 3.46. The summed E-state index contributed by atoms with van der Waals surface area (Å²) in [6.45, 7) is 7.23. The molecule has 0 fully saturated rings. The number of alkyl halides is 1. The van der Waals surface area contributed by atoms with Crippen molar-refractivity contribution in [2.24, 2.45) is 0 Å². The van der Waals surface area contributed by atoms with Gasteiger partial charge in [0.1, 0.15) is 18.0 Å². The van der Waals surface area contributed by atoms with Crippen molar-refractivity contribution < 1.29 is 8.78 Å². The van der Waals surface area contributed by atoms with Gasteiger partial charge in [-0.05, 0) is 37.5 Å². The Morgan fingerprint density at radius 2 is 1.89 bits per heavy atom. The summed E-state index contributed by atoms with van der Waals surface area (Å²) in [6.07, 6.45) is 0. The smallest absolute Gasteiger partial charge is 0.151 e. The monoisotopic (exact) mass is 252 g/mol. The minimum absolute atomic E-state index is 0.0579. The maximum atomic E-state index is 14.0. The fraction of sp³-hybridized carbons (Fsp3) is 0.500. The molecular formula is C14H18F2N2. The molecule has 0 saturated carbocycles. The fourth-order valence-corrected chi connectivity index (χ4v) is 2.23. The highest BCUT2D eigenvalue weighted by molar-refractivity contribution is 5.78. The number of aromatic nitrogens is 2. The zero-order valence-corrected chi connectivity index (χ0v) is 11.2. The van der Waals surface area contributed by atoms with Crippen LogP contribution in [0.3, 0.4) is 0 Å². The van der Waals surface area contributed by atoms with Crippen LogP contribution < -0.4 is 0 Å². The number of fused-ring (bicyclic) bond motifs is 1. The molecule has 1 heterocycles. The molecule has 0 aliphatic carbocycles. The van der Waals surface area contributed by atoms with E-state index in [2.05, 4.69) is 4.98 Å². The van der Waals surface area contributed by atoms with Gasteiger partial charge in [-0.15, -0.1) is 0 Å². The van der Waals surface area contributed by atoms with E-state index in [0.29, 0.717) is 11.3 Å². The third-order valence-electron chi connectivity index (χ3n) is 3.15. The molecule has 2 aromatic rings. The van der Waals surface area contributed by atoms with E-state index in [4.69, 9.17) is 0 Å². The molecule has 0 atom stereocenters. The molecule has 18 heavy (non-hydrogen) atoms. The highest BCUT2D eigenvalue weighted by Crippen LogP contribution is 2.28. The van der Waals surface area contributed by atoms with Gasteiger partial charge in [0.2, 0.25) is 0 Å². The van der Waals surface area contributed by atoms with Crippen molar-refractivity contribution in [1.29, 1.82) is 0 Å². The maximum absolute atomic E-state index is 14.0. The van der Waals surface area contributed by atoms with Crippen molar-refractivity contribution in [1.82, 2.24) is 9.55 Å². The van der Waals surface area contributed by atoms with E-state index in [1.807, 2.05) is 33.8 Å². The van der Waals surface area contributed by atoms with Crippen LogP contribution in [0.4, 0.5) is 8.78 Å². The van der Waals surface area contributed by atoms with Gasteiger partial charge in [-0.25, -0.2) is 13.8 Å². The van der Waals surface area contributed by atoms with Crippen LogP contribution in [-0.4, -0.2) is 9.55 Å². The molecule has 0 spiro atoms. The molecule has 0 amide bonds. The lowest BCUT2D eigenvalue weighted by Crippen LogP contribution is -2.05. The summed E-state index contributed by atoms with van der Waals surface area (Å²) in [5, 5.41) is 0. The number of halogens is 2. The first-order valence-electron chi connectivity index (χ1n) is 6.22. The van der Waals surface area contributed by atoms with Crippen LogP contribution in [0, 0.1) is 5.82 Å². The fourth-order valence-electron chi connectivity index (χ4n) is 2.23. The second-order valence-corrected chi connectivity index (χ2v) is 5.15. The van der Waals surface area contributed by atoms with Crippen LogP contribution in [0.1, 0.15) is 51.0 Å². The number of nitrogens with zero attached hydrogens (tertiary/aromatic N) is 2. The molecule has 0 aliphatic rings. The van der Waals surface area contributed by atoms with Gasteiger partial charge in [0.25, 0.3) is 0 Å². The average molecular weight is 252 g/mol. The molecule has 2 nitrogen and oxygen atoms in total. The van der Waals surface area contributed by atoms with Gasteiger partial charge in [-0.2, -0.15) is 0 Å². The van der Waals surface area contributed by atoms with Crippen LogP contribution in [-0.2, 0) is 6.67 Å². The van der Waals surface area contributed by atoms with Crippen molar-refractivity contribution in [3.8, 4) is 0 Å². The molecule has 0 unspecified atom stereocenters. The lowest BCUT2D eigenvalue weighted by Gasteiger charge is -2.13. The predicted molar refractivity (Wildman–Crippen MR) is 69.0 cm³/mol. The van der Waals surface area contributed by atoms with E-state index in [9.17, 15) is 8.78 Å². The standard InChI is InChI=1S/C14H18F2N2/c1-8(2)10-5-11(16)14-12(6-10)18(9(3)4)13(7-15)17-14/h5-6,8-9H,7H2,1-4H3. The Kier molecular flexibility index (Phi) is 3.37. The van der Waals surface area contributed by atoms with E-state index in [0.717, 1.165) is 5.56 Å². The van der Waals surface area contributed by atoms with Crippen LogP contribution in [0.25, 0.3) is 11.0 Å². The topological polar surface area (TPSA) is 17.8 Å².